The Balaban J connectivity index is 1.69. The molecule has 0 aromatic heterocycles. The van der Waals surface area contributed by atoms with Gasteiger partial charge in [0.15, 0.2) is 0 Å². The van der Waals surface area contributed by atoms with E-state index in [2.05, 4.69) is 34.7 Å². The van der Waals surface area contributed by atoms with Crippen molar-refractivity contribution >= 4 is 33.4 Å². The number of aliphatic hydroxyl groups is 1. The van der Waals surface area contributed by atoms with Gasteiger partial charge in [-0.05, 0) is 67.0 Å². The Morgan fingerprint density at radius 2 is 1.74 bits per heavy atom. The lowest BCUT2D eigenvalue weighted by Gasteiger charge is -2.28. The van der Waals surface area contributed by atoms with Crippen molar-refractivity contribution in [3.63, 3.8) is 0 Å². The molecule has 1 saturated heterocycles. The molecule has 6 nitrogen and oxygen atoms in total. The second-order valence-corrected chi connectivity index (χ2v) is 10.2. The first-order chi connectivity index (χ1) is 18.3. The number of carbonyl (C=O) groups excluding carboxylic acids is 2. The Morgan fingerprint density at radius 1 is 1.00 bits per heavy atom. The number of amides is 1. The molecule has 38 heavy (non-hydrogen) atoms. The van der Waals surface area contributed by atoms with Crippen LogP contribution < -0.4 is 4.74 Å². The van der Waals surface area contributed by atoms with Crippen LogP contribution in [0.3, 0.4) is 0 Å². The minimum atomic E-state index is -0.683. The molecule has 1 aliphatic heterocycles. The monoisotopic (exact) mass is 576 g/mol. The number of likely N-dealkylation sites (N-methyl/N-ethyl adjacent to an activating group) is 1. The highest BCUT2D eigenvalue weighted by Crippen LogP contribution is 2.40. The Hall–Kier alpha value is -3.42. The van der Waals surface area contributed by atoms with Gasteiger partial charge in [-0.25, -0.2) is 0 Å². The summed E-state index contributed by atoms with van der Waals surface area (Å²) < 4.78 is 6.81. The number of ketones is 1. The van der Waals surface area contributed by atoms with Crippen LogP contribution in [0.15, 0.2) is 82.8 Å². The van der Waals surface area contributed by atoms with Crippen LogP contribution in [0.25, 0.3) is 5.76 Å². The van der Waals surface area contributed by atoms with Crippen molar-refractivity contribution in [1.82, 2.24) is 9.80 Å². The van der Waals surface area contributed by atoms with Gasteiger partial charge in [0.2, 0.25) is 0 Å². The molecule has 1 aliphatic rings. The van der Waals surface area contributed by atoms with E-state index in [-0.39, 0.29) is 11.3 Å². The molecule has 0 saturated carbocycles. The third-order valence-corrected chi connectivity index (χ3v) is 7.43. The van der Waals surface area contributed by atoms with Crippen LogP contribution in [-0.2, 0) is 16.2 Å². The van der Waals surface area contributed by atoms with E-state index in [0.29, 0.717) is 31.0 Å². The zero-order chi connectivity index (χ0) is 27.2. The third-order valence-electron chi connectivity index (χ3n) is 6.94. The van der Waals surface area contributed by atoms with Crippen molar-refractivity contribution < 1.29 is 19.4 Å². The highest BCUT2D eigenvalue weighted by Gasteiger charge is 2.46. The summed E-state index contributed by atoms with van der Waals surface area (Å²) in [6.07, 6.45) is 0. The fourth-order valence-corrected chi connectivity index (χ4v) is 5.19. The Labute approximate surface area is 232 Å². The summed E-state index contributed by atoms with van der Waals surface area (Å²) in [6.45, 7) is 9.17. The third kappa shape index (κ3) is 6.00. The largest absolute Gasteiger partial charge is 0.507 e. The minimum absolute atomic E-state index is 0.102. The summed E-state index contributed by atoms with van der Waals surface area (Å²) in [5.41, 5.74) is 3.21. The van der Waals surface area contributed by atoms with Gasteiger partial charge in [-0.15, -0.1) is 0 Å². The van der Waals surface area contributed by atoms with E-state index in [4.69, 9.17) is 4.74 Å². The number of aliphatic hydroxyl groups excluding tert-OH is 1. The predicted octanol–water partition coefficient (Wildman–Crippen LogP) is 6.10. The van der Waals surface area contributed by atoms with Crippen molar-refractivity contribution in [3.8, 4) is 5.75 Å². The summed E-state index contributed by atoms with van der Waals surface area (Å²) in [6, 6.07) is 22.0. The van der Waals surface area contributed by atoms with Crippen molar-refractivity contribution in [1.29, 1.82) is 0 Å². The van der Waals surface area contributed by atoms with Gasteiger partial charge in [0.05, 0.1) is 11.6 Å². The van der Waals surface area contributed by atoms with Crippen LogP contribution in [0.4, 0.5) is 0 Å². The molecule has 3 aromatic carbocycles. The molecule has 1 N–H and O–H groups in total. The summed E-state index contributed by atoms with van der Waals surface area (Å²) in [4.78, 5) is 30.4. The van der Waals surface area contributed by atoms with Crippen LogP contribution in [0.5, 0.6) is 5.75 Å². The number of Topliss-reactive ketones (excluding diaryl/α,β-unsaturated/α-hetero) is 1. The Bertz CT molecular complexity index is 1330. The molecule has 0 unspecified atom stereocenters. The van der Waals surface area contributed by atoms with Crippen LogP contribution >= 0.6 is 15.9 Å². The fourth-order valence-electron chi connectivity index (χ4n) is 4.77. The molecule has 198 valence electrons. The zero-order valence-corrected chi connectivity index (χ0v) is 23.6. The van der Waals surface area contributed by atoms with Crippen molar-refractivity contribution in [2.24, 2.45) is 0 Å². The second-order valence-electron chi connectivity index (χ2n) is 9.33. The summed E-state index contributed by atoms with van der Waals surface area (Å²) in [7, 11) is 0. The number of halogens is 1. The maximum absolute atomic E-state index is 13.3. The average molecular weight is 578 g/mol. The minimum Gasteiger partial charge on any atom is -0.507 e. The molecule has 1 amide bonds. The number of hydrogen-bond donors (Lipinski definition) is 1. The first-order valence-corrected chi connectivity index (χ1v) is 13.7. The first-order valence-electron chi connectivity index (χ1n) is 12.9. The van der Waals surface area contributed by atoms with E-state index in [1.165, 1.54) is 0 Å². The van der Waals surface area contributed by atoms with E-state index in [9.17, 15) is 14.7 Å². The standard InChI is InChI=1S/C31H33BrN2O4/c1-4-33(5-2)16-17-34-28(23-12-9-13-25(32)19-23)27(30(36)31(34)37)29(35)24-14-15-26(21(3)18-24)38-20-22-10-7-6-8-11-22/h6-15,18-19,28,35H,4-5,16-17,20H2,1-3H3/t28-/m0/s1. The van der Waals surface area contributed by atoms with Crippen LogP contribution in [0, 0.1) is 6.92 Å². The SMILES string of the molecule is CCN(CC)CCN1C(=O)C(=O)C(=C(O)c2ccc(OCc3ccccc3)c(C)c2)[C@@H]1c1cccc(Br)c1. The van der Waals surface area contributed by atoms with Gasteiger partial charge < -0.3 is 19.6 Å². The summed E-state index contributed by atoms with van der Waals surface area (Å²) in [5.74, 6) is -0.762. The van der Waals surface area contributed by atoms with E-state index in [1.54, 1.807) is 23.1 Å². The molecule has 0 spiro atoms. The quantitative estimate of drug-likeness (QED) is 0.179. The van der Waals surface area contributed by atoms with Gasteiger partial charge in [0, 0.05) is 23.1 Å². The molecule has 0 bridgehead atoms. The van der Waals surface area contributed by atoms with E-state index >= 15 is 0 Å². The van der Waals surface area contributed by atoms with E-state index in [1.807, 2.05) is 61.5 Å². The first kappa shape index (κ1) is 27.6. The highest BCUT2D eigenvalue weighted by molar-refractivity contribution is 9.10. The predicted molar refractivity (Wildman–Crippen MR) is 153 cm³/mol. The van der Waals surface area contributed by atoms with Gasteiger partial charge in [-0.1, -0.05) is 72.2 Å². The molecule has 1 heterocycles. The summed E-state index contributed by atoms with van der Waals surface area (Å²) >= 11 is 3.51. The van der Waals surface area contributed by atoms with Crippen molar-refractivity contribution in [3.05, 3.63) is 105 Å². The smallest absolute Gasteiger partial charge is 0.295 e. The maximum Gasteiger partial charge on any atom is 0.295 e. The number of carbonyl (C=O) groups is 2. The van der Waals surface area contributed by atoms with Gasteiger partial charge in [-0.2, -0.15) is 0 Å². The van der Waals surface area contributed by atoms with Crippen LogP contribution in [-0.4, -0.2) is 52.8 Å². The van der Waals surface area contributed by atoms with E-state index < -0.39 is 17.7 Å². The molecule has 0 radical (unpaired) electrons. The van der Waals surface area contributed by atoms with Crippen LogP contribution in [0.2, 0.25) is 0 Å². The lowest BCUT2D eigenvalue weighted by atomic mass is 9.95. The van der Waals surface area contributed by atoms with Crippen molar-refractivity contribution in [2.45, 2.75) is 33.4 Å². The molecule has 1 atom stereocenters. The van der Waals surface area contributed by atoms with E-state index in [0.717, 1.165) is 34.3 Å². The zero-order valence-electron chi connectivity index (χ0n) is 22.0. The average Bonchev–Trinajstić information content (AvgIpc) is 3.18. The maximum atomic E-state index is 13.3. The van der Waals surface area contributed by atoms with Gasteiger partial charge >= 0.3 is 0 Å². The molecule has 1 fully saturated rings. The molecule has 3 aromatic rings. The highest BCUT2D eigenvalue weighted by atomic mass is 79.9. The molecular formula is C31H33BrN2O4. The van der Waals surface area contributed by atoms with Gasteiger partial charge in [0.1, 0.15) is 18.1 Å². The normalized spacial score (nSPS) is 16.9. The van der Waals surface area contributed by atoms with Gasteiger partial charge in [-0.3, -0.25) is 9.59 Å². The van der Waals surface area contributed by atoms with Gasteiger partial charge in [0.25, 0.3) is 11.7 Å². The summed E-state index contributed by atoms with van der Waals surface area (Å²) in [5, 5.41) is 11.4. The molecular weight excluding hydrogens is 544 g/mol. The Morgan fingerprint density at radius 3 is 2.39 bits per heavy atom. The number of aryl methyl sites for hydroxylation is 1. The van der Waals surface area contributed by atoms with Crippen LogP contribution in [0.1, 0.15) is 42.1 Å². The Kier molecular flexibility index (Phi) is 9.02. The lowest BCUT2D eigenvalue weighted by molar-refractivity contribution is -0.140. The number of likely N-dealkylation sites (tertiary alicyclic amines) is 1. The number of benzene rings is 3. The fraction of sp³-hybridized carbons (Fsp3) is 0.290. The second kappa shape index (κ2) is 12.4. The lowest BCUT2D eigenvalue weighted by Crippen LogP contribution is -2.38. The number of hydrogen-bond acceptors (Lipinski definition) is 5. The number of rotatable bonds is 10. The topological polar surface area (TPSA) is 70.1 Å². The number of nitrogens with zero attached hydrogens (tertiary/aromatic N) is 2. The number of ether oxygens (including phenoxy) is 1. The molecule has 0 aliphatic carbocycles. The molecule has 4 rings (SSSR count). The van der Waals surface area contributed by atoms with Crippen molar-refractivity contribution in [2.75, 3.05) is 26.2 Å². The molecule has 7 heteroatoms.